The van der Waals surface area contributed by atoms with E-state index in [0.717, 1.165) is 19.3 Å². The predicted molar refractivity (Wildman–Crippen MR) is 90.6 cm³/mol. The van der Waals surface area contributed by atoms with E-state index in [4.69, 9.17) is 9.47 Å². The quantitative estimate of drug-likeness (QED) is 0.417. The van der Waals surface area contributed by atoms with Crippen molar-refractivity contribution in [3.8, 4) is 0 Å². The Morgan fingerprint density at radius 1 is 1.05 bits per heavy atom. The summed E-state index contributed by atoms with van der Waals surface area (Å²) in [5, 5.41) is 0. The molecule has 0 N–H and O–H groups in total. The molecule has 0 saturated carbocycles. The second-order valence-corrected chi connectivity index (χ2v) is 5.23. The number of carbonyl (C=O) groups is 1. The van der Waals surface area contributed by atoms with Crippen LogP contribution in [0.3, 0.4) is 0 Å². The van der Waals surface area contributed by atoms with E-state index in [1.807, 2.05) is 6.07 Å². The number of ether oxygens (including phenoxy) is 2. The Morgan fingerprint density at radius 2 is 1.77 bits per heavy atom. The van der Waals surface area contributed by atoms with Crippen molar-refractivity contribution in [3.05, 3.63) is 42.0 Å². The third-order valence-electron chi connectivity index (χ3n) is 3.29. The van der Waals surface area contributed by atoms with Crippen LogP contribution in [0, 0.1) is 0 Å². The number of carbonyl (C=O) groups excluding carboxylic acids is 1. The lowest BCUT2D eigenvalue weighted by atomic mass is 10.1. The molecule has 0 bridgehead atoms. The fourth-order valence-corrected chi connectivity index (χ4v) is 2.14. The van der Waals surface area contributed by atoms with Gasteiger partial charge in [-0.1, -0.05) is 61.7 Å². The lowest BCUT2D eigenvalue weighted by Gasteiger charge is -2.04. The molecule has 0 aliphatic heterocycles. The van der Waals surface area contributed by atoms with E-state index in [1.54, 1.807) is 6.92 Å². The number of rotatable bonds is 12. The predicted octanol–water partition coefficient (Wildman–Crippen LogP) is 4.62. The topological polar surface area (TPSA) is 35.5 Å². The molecule has 0 unspecified atom stereocenters. The molecule has 0 atom stereocenters. The smallest absolute Gasteiger partial charge is 0.332 e. The highest BCUT2D eigenvalue weighted by Crippen LogP contribution is 2.08. The molecule has 1 aromatic carbocycles. The van der Waals surface area contributed by atoms with Gasteiger partial charge in [0.1, 0.15) is 6.61 Å². The van der Waals surface area contributed by atoms with E-state index in [2.05, 4.69) is 36.4 Å². The molecule has 122 valence electrons. The third kappa shape index (κ3) is 10.2. The summed E-state index contributed by atoms with van der Waals surface area (Å²) in [5.74, 6) is -0.271. The van der Waals surface area contributed by atoms with Crippen LogP contribution >= 0.6 is 0 Å². The summed E-state index contributed by atoms with van der Waals surface area (Å²) in [6.45, 7) is 2.94. The number of esters is 1. The second-order valence-electron chi connectivity index (χ2n) is 5.23. The molecule has 0 aliphatic carbocycles. The Balaban J connectivity index is 1.86. The van der Waals surface area contributed by atoms with Crippen molar-refractivity contribution >= 4 is 12.0 Å². The summed E-state index contributed by atoms with van der Waals surface area (Å²) >= 11 is 0. The Bertz CT molecular complexity index is 412. The number of hydrogen-bond donors (Lipinski definition) is 0. The first-order chi connectivity index (χ1) is 10.8. The maximum atomic E-state index is 11.0. The van der Waals surface area contributed by atoms with E-state index in [0.29, 0.717) is 13.2 Å². The van der Waals surface area contributed by atoms with Gasteiger partial charge in [0.15, 0.2) is 0 Å². The summed E-state index contributed by atoms with van der Waals surface area (Å²) in [6, 6.07) is 10.4. The average molecular weight is 304 g/mol. The first-order valence-corrected chi connectivity index (χ1v) is 8.28. The second kappa shape index (κ2) is 13.1. The normalized spacial score (nSPS) is 11.0. The van der Waals surface area contributed by atoms with Crippen LogP contribution in [0.1, 0.15) is 51.0 Å². The highest BCUT2D eigenvalue weighted by molar-refractivity contribution is 5.70. The minimum absolute atomic E-state index is 0.0815. The number of allylic oxidation sites excluding steroid dienone is 1. The van der Waals surface area contributed by atoms with Crippen molar-refractivity contribution in [3.63, 3.8) is 0 Å². The van der Waals surface area contributed by atoms with Gasteiger partial charge >= 0.3 is 5.97 Å². The van der Waals surface area contributed by atoms with Crippen molar-refractivity contribution < 1.29 is 14.3 Å². The van der Waals surface area contributed by atoms with Crippen LogP contribution in [0.5, 0.6) is 0 Å². The lowest BCUT2D eigenvalue weighted by Crippen LogP contribution is -2.12. The molecule has 0 saturated heterocycles. The maximum absolute atomic E-state index is 11.0. The van der Waals surface area contributed by atoms with Crippen LogP contribution in [-0.2, 0) is 14.3 Å². The van der Waals surface area contributed by atoms with Gasteiger partial charge in [-0.25, -0.2) is 4.79 Å². The molecule has 0 fully saturated rings. The van der Waals surface area contributed by atoms with Gasteiger partial charge in [-0.3, -0.25) is 0 Å². The Hall–Kier alpha value is -1.61. The largest absolute Gasteiger partial charge is 0.464 e. The van der Waals surface area contributed by atoms with E-state index < -0.39 is 0 Å². The number of hydrogen-bond acceptors (Lipinski definition) is 3. The van der Waals surface area contributed by atoms with E-state index >= 15 is 0 Å². The Labute approximate surface area is 134 Å². The molecule has 3 nitrogen and oxygen atoms in total. The van der Waals surface area contributed by atoms with Crippen LogP contribution < -0.4 is 0 Å². The molecule has 1 rings (SSSR count). The van der Waals surface area contributed by atoms with Crippen LogP contribution in [0.15, 0.2) is 36.4 Å². The minimum Gasteiger partial charge on any atom is -0.464 e. The van der Waals surface area contributed by atoms with Crippen LogP contribution in [0.25, 0.3) is 6.08 Å². The Kier molecular flexibility index (Phi) is 11.0. The maximum Gasteiger partial charge on any atom is 0.332 e. The molecule has 0 radical (unpaired) electrons. The highest BCUT2D eigenvalue weighted by atomic mass is 16.6. The van der Waals surface area contributed by atoms with Gasteiger partial charge in [0.05, 0.1) is 6.61 Å². The Morgan fingerprint density at radius 3 is 2.55 bits per heavy atom. The van der Waals surface area contributed by atoms with Gasteiger partial charge in [-0.15, -0.1) is 0 Å². The molecule has 0 heterocycles. The zero-order valence-corrected chi connectivity index (χ0v) is 13.6. The van der Waals surface area contributed by atoms with E-state index in [9.17, 15) is 4.79 Å². The SMILES string of the molecule is CCOC(=O)COCCCCCCCC=Cc1ccccc1. The minimum atomic E-state index is -0.271. The van der Waals surface area contributed by atoms with Gasteiger partial charge < -0.3 is 9.47 Å². The molecule has 0 amide bonds. The molecule has 0 aromatic heterocycles. The van der Waals surface area contributed by atoms with Crippen molar-refractivity contribution in [1.29, 1.82) is 0 Å². The van der Waals surface area contributed by atoms with Gasteiger partial charge in [0, 0.05) is 6.61 Å². The van der Waals surface area contributed by atoms with Crippen LogP contribution in [0.4, 0.5) is 0 Å². The van der Waals surface area contributed by atoms with Crippen molar-refractivity contribution in [2.75, 3.05) is 19.8 Å². The fourth-order valence-electron chi connectivity index (χ4n) is 2.14. The highest BCUT2D eigenvalue weighted by Gasteiger charge is 2.00. The van der Waals surface area contributed by atoms with Crippen molar-refractivity contribution in [1.82, 2.24) is 0 Å². The molecule has 1 aromatic rings. The number of benzene rings is 1. The molecule has 0 aliphatic rings. The third-order valence-corrected chi connectivity index (χ3v) is 3.29. The van der Waals surface area contributed by atoms with Gasteiger partial charge in [-0.2, -0.15) is 0 Å². The summed E-state index contributed by atoms with van der Waals surface area (Å²) in [5.41, 5.74) is 1.27. The lowest BCUT2D eigenvalue weighted by molar-refractivity contribution is -0.148. The van der Waals surface area contributed by atoms with E-state index in [1.165, 1.54) is 24.8 Å². The summed E-state index contributed by atoms with van der Waals surface area (Å²) in [4.78, 5) is 11.0. The molecule has 22 heavy (non-hydrogen) atoms. The van der Waals surface area contributed by atoms with E-state index in [-0.39, 0.29) is 12.6 Å². The number of unbranched alkanes of at least 4 members (excludes halogenated alkanes) is 5. The van der Waals surface area contributed by atoms with Gasteiger partial charge in [-0.05, 0) is 31.7 Å². The summed E-state index contributed by atoms with van der Waals surface area (Å²) in [6.07, 6.45) is 11.4. The molecular formula is C19H28O3. The zero-order chi connectivity index (χ0) is 15.9. The first kappa shape index (κ1) is 18.4. The average Bonchev–Trinajstić information content (AvgIpc) is 2.54. The van der Waals surface area contributed by atoms with Crippen LogP contribution in [-0.4, -0.2) is 25.8 Å². The van der Waals surface area contributed by atoms with Crippen LogP contribution in [0.2, 0.25) is 0 Å². The molecule has 0 spiro atoms. The summed E-state index contributed by atoms with van der Waals surface area (Å²) < 4.78 is 10.0. The van der Waals surface area contributed by atoms with Crippen molar-refractivity contribution in [2.24, 2.45) is 0 Å². The standard InChI is InChI=1S/C19H28O3/c1-2-22-19(20)17-21-16-12-7-5-3-4-6-9-13-18-14-10-8-11-15-18/h8-11,13-15H,2-7,12,16-17H2,1H3. The molecular weight excluding hydrogens is 276 g/mol. The summed E-state index contributed by atoms with van der Waals surface area (Å²) in [7, 11) is 0. The fraction of sp³-hybridized carbons (Fsp3) is 0.526. The van der Waals surface area contributed by atoms with Gasteiger partial charge in [0.2, 0.25) is 0 Å². The van der Waals surface area contributed by atoms with Gasteiger partial charge in [0.25, 0.3) is 0 Å². The zero-order valence-electron chi connectivity index (χ0n) is 13.6. The first-order valence-electron chi connectivity index (χ1n) is 8.28. The molecule has 3 heteroatoms. The monoisotopic (exact) mass is 304 g/mol. The van der Waals surface area contributed by atoms with Crippen molar-refractivity contribution in [2.45, 2.75) is 45.4 Å².